The largest absolute Gasteiger partial charge is 0.478 e. The molecule has 1 unspecified atom stereocenters. The zero-order chi connectivity index (χ0) is 51.4. The number of hydrogen-bond donors (Lipinski definition) is 7. The summed E-state index contributed by atoms with van der Waals surface area (Å²) in [7, 11) is 7.86. The lowest BCUT2D eigenvalue weighted by molar-refractivity contribution is -0.193. The van der Waals surface area contributed by atoms with Gasteiger partial charge in [-0.25, -0.2) is 28.8 Å². The fourth-order valence-electron chi connectivity index (χ4n) is 5.63. The highest BCUT2D eigenvalue weighted by Gasteiger charge is 2.34. The van der Waals surface area contributed by atoms with Gasteiger partial charge in [-0.3, -0.25) is 19.4 Å². The van der Waals surface area contributed by atoms with Crippen LogP contribution in [0.25, 0.3) is 0 Å². The molecule has 2 amide bonds. The van der Waals surface area contributed by atoms with Crippen LogP contribution >= 0.6 is 45.2 Å². The second kappa shape index (κ2) is 39.5. The molecule has 4 rings (SSSR count). The van der Waals surface area contributed by atoms with E-state index in [1.165, 1.54) is 30.5 Å². The highest BCUT2D eigenvalue weighted by Crippen LogP contribution is 2.31. The van der Waals surface area contributed by atoms with Crippen molar-refractivity contribution >= 4 is 105 Å². The number of carbonyl (C=O) groups is 8. The Morgan fingerprint density at radius 3 is 1.58 bits per heavy atom. The third kappa shape index (κ3) is 26.0. The number of aliphatic hydroxyl groups excluding tert-OH is 2. The molecular weight excluding hydrogens is 1090 g/mol. The number of cyclic esters (lactones) is 4. The number of alkyl halides is 2. The molecule has 0 bridgehead atoms. The Balaban J connectivity index is -0.000000359. The van der Waals surface area contributed by atoms with E-state index in [9.17, 15) is 38.4 Å². The molecule has 0 aromatic heterocycles. The molecule has 0 aromatic rings. The minimum Gasteiger partial charge on any atom is -0.478 e. The van der Waals surface area contributed by atoms with Crippen molar-refractivity contribution in [1.82, 2.24) is 20.4 Å². The Labute approximate surface area is 403 Å². The van der Waals surface area contributed by atoms with Crippen molar-refractivity contribution in [2.45, 2.75) is 84.6 Å². The number of esters is 4. The number of rotatable bonds is 11. The van der Waals surface area contributed by atoms with Gasteiger partial charge in [-0.05, 0) is 92.8 Å². The number of carbonyl (C=O) groups excluding carboxylic acids is 10. The number of nitrogens with zero attached hydrogens (tertiary/aromatic N) is 2. The SMILES string of the molecule is CCC1=C(C)C(=O)OC1=O.CN.CNC(=O)/C(CCN(C)CO)=C(/C)C(=O)O.CNC(=O)C1=C(C(=O)O)CCC(N(C)CO)C1.ICI.O=C1OC(=O)C2=C1CCCC2.O=C=O.O=C=O. The minimum absolute atomic E-state index is 0.00963. The van der Waals surface area contributed by atoms with Crippen molar-refractivity contribution in [3.63, 3.8) is 0 Å². The number of halogens is 2. The number of aliphatic hydroxyl groups is 2. The van der Waals surface area contributed by atoms with Crippen molar-refractivity contribution in [2.24, 2.45) is 5.73 Å². The van der Waals surface area contributed by atoms with Crippen LogP contribution in [0.3, 0.4) is 0 Å². The molecule has 23 nitrogen and oxygen atoms in total. The molecule has 366 valence electrons. The van der Waals surface area contributed by atoms with Gasteiger partial charge in [-0.2, -0.15) is 19.2 Å². The minimum atomic E-state index is -1.11. The number of hydrogen-bond acceptors (Lipinski definition) is 19. The molecule has 4 aliphatic rings. The van der Waals surface area contributed by atoms with Crippen LogP contribution in [0.4, 0.5) is 0 Å². The number of nitrogens with one attached hydrogen (secondary N) is 2. The predicted molar refractivity (Wildman–Crippen MR) is 244 cm³/mol. The molecule has 0 saturated carbocycles. The number of carboxylic acids is 2. The third-order valence-corrected chi connectivity index (χ3v) is 9.09. The van der Waals surface area contributed by atoms with Crippen LogP contribution in [0.15, 0.2) is 44.6 Å². The molecule has 1 atom stereocenters. The summed E-state index contributed by atoms with van der Waals surface area (Å²) < 4.78 is 9.97. The van der Waals surface area contributed by atoms with E-state index in [2.05, 4.69) is 71.0 Å². The van der Waals surface area contributed by atoms with Crippen molar-refractivity contribution < 1.29 is 87.4 Å². The molecule has 2 aliphatic heterocycles. The molecule has 2 heterocycles. The van der Waals surface area contributed by atoms with Gasteiger partial charge in [0, 0.05) is 71.3 Å². The lowest BCUT2D eigenvalue weighted by atomic mass is 9.87. The zero-order valence-electron chi connectivity index (χ0n) is 37.5. The molecule has 8 N–H and O–H groups in total. The highest BCUT2D eigenvalue weighted by atomic mass is 127. The maximum absolute atomic E-state index is 11.6. The summed E-state index contributed by atoms with van der Waals surface area (Å²) in [6.45, 7) is 5.00. The number of likely N-dealkylation sites (N-methyl/N-ethyl adjacent to an activating group) is 2. The van der Waals surface area contributed by atoms with E-state index < -0.39 is 41.7 Å². The van der Waals surface area contributed by atoms with E-state index >= 15 is 0 Å². The van der Waals surface area contributed by atoms with Gasteiger partial charge in [0.05, 0.1) is 15.9 Å². The molecule has 25 heteroatoms. The van der Waals surface area contributed by atoms with Crippen LogP contribution < -0.4 is 16.4 Å². The summed E-state index contributed by atoms with van der Waals surface area (Å²) in [5, 5.41) is 40.5. The van der Waals surface area contributed by atoms with Gasteiger partial charge in [-0.15, -0.1) is 0 Å². The van der Waals surface area contributed by atoms with Crippen LogP contribution in [0, 0.1) is 0 Å². The first-order valence-corrected chi connectivity index (χ1v) is 22.3. The predicted octanol–water partition coefficient (Wildman–Crippen LogP) is 0.911. The molecule has 0 fully saturated rings. The van der Waals surface area contributed by atoms with Gasteiger partial charge < -0.3 is 46.3 Å². The van der Waals surface area contributed by atoms with Gasteiger partial charge in [0.15, 0.2) is 0 Å². The second-order valence-electron chi connectivity index (χ2n) is 12.8. The third-order valence-electron chi connectivity index (χ3n) is 9.09. The van der Waals surface area contributed by atoms with Crippen molar-refractivity contribution in [3.05, 3.63) is 44.6 Å². The number of ether oxygens (including phenoxy) is 2. The lowest BCUT2D eigenvalue weighted by Gasteiger charge is -2.31. The van der Waals surface area contributed by atoms with Gasteiger partial charge in [0.25, 0.3) is 0 Å². The van der Waals surface area contributed by atoms with Crippen molar-refractivity contribution in [3.8, 4) is 0 Å². The summed E-state index contributed by atoms with van der Waals surface area (Å²) in [5.41, 5.74) is 7.48. The monoisotopic (exact) mass is 1150 g/mol. The Hall–Kier alpha value is -4.86. The van der Waals surface area contributed by atoms with Crippen molar-refractivity contribution in [1.29, 1.82) is 0 Å². The molecule has 2 aliphatic carbocycles. The number of aliphatic carboxylic acids is 2. The van der Waals surface area contributed by atoms with E-state index in [0.29, 0.717) is 60.1 Å². The summed E-state index contributed by atoms with van der Waals surface area (Å²) >= 11 is 4.55. The first-order chi connectivity index (χ1) is 30.6. The van der Waals surface area contributed by atoms with E-state index in [-0.39, 0.29) is 60.9 Å². The maximum atomic E-state index is 11.6. The maximum Gasteiger partial charge on any atom is 0.373 e. The first kappa shape index (κ1) is 66.7. The summed E-state index contributed by atoms with van der Waals surface area (Å²) in [6.07, 6.45) is 6.15. The van der Waals surface area contributed by atoms with Gasteiger partial charge in [0.1, 0.15) is 0 Å². The lowest BCUT2D eigenvalue weighted by Crippen LogP contribution is -2.38. The summed E-state index contributed by atoms with van der Waals surface area (Å²) in [5.74, 6) is -4.69. The number of carboxylic acid groups (broad SMARTS) is 2. The molecule has 0 saturated heterocycles. The first-order valence-electron chi connectivity index (χ1n) is 19.2. The molecule has 0 spiro atoms. The van der Waals surface area contributed by atoms with E-state index in [1.54, 1.807) is 30.8 Å². The van der Waals surface area contributed by atoms with Gasteiger partial charge >= 0.3 is 48.1 Å². The average Bonchev–Trinajstić information content (AvgIpc) is 3.73. The number of nitrogens with two attached hydrogens (primary N) is 1. The van der Waals surface area contributed by atoms with Crippen LogP contribution in [0.1, 0.15) is 78.6 Å². The fourth-order valence-corrected chi connectivity index (χ4v) is 5.63. The van der Waals surface area contributed by atoms with E-state index in [4.69, 9.17) is 39.6 Å². The normalized spacial score (nSPS) is 15.8. The van der Waals surface area contributed by atoms with E-state index in [1.807, 2.05) is 6.92 Å². The van der Waals surface area contributed by atoms with Gasteiger partial charge in [-0.1, -0.05) is 52.1 Å². The average molecular weight is 1150 g/mol. The Bertz CT molecular complexity index is 1790. The van der Waals surface area contributed by atoms with Crippen LogP contribution in [0.5, 0.6) is 0 Å². The second-order valence-corrected chi connectivity index (χ2v) is 17.3. The quantitative estimate of drug-likeness (QED) is 0.0377. The topological polar surface area (TPSA) is 361 Å². The van der Waals surface area contributed by atoms with E-state index in [0.717, 1.165) is 25.7 Å². The Morgan fingerprint density at radius 1 is 0.800 bits per heavy atom. The molecule has 0 aromatic carbocycles. The van der Waals surface area contributed by atoms with Crippen molar-refractivity contribution in [2.75, 3.05) is 57.7 Å². The zero-order valence-corrected chi connectivity index (χ0v) is 41.8. The highest BCUT2D eigenvalue weighted by molar-refractivity contribution is 14.2. The number of amides is 2. The summed E-state index contributed by atoms with van der Waals surface area (Å²) in [6, 6.07) is 0.00963. The van der Waals surface area contributed by atoms with Gasteiger partial charge in [0.2, 0.25) is 11.8 Å². The fraction of sp³-hybridized carbons (Fsp3) is 0.550. The molecule has 0 radical (unpaired) electrons. The molecular formula is C40H59I2N5O18. The van der Waals surface area contributed by atoms with Crippen LogP contribution in [0.2, 0.25) is 0 Å². The molecule has 65 heavy (non-hydrogen) atoms. The smallest absolute Gasteiger partial charge is 0.373 e. The van der Waals surface area contributed by atoms with Crippen LogP contribution in [-0.4, -0.2) is 154 Å². The summed E-state index contributed by atoms with van der Waals surface area (Å²) in [4.78, 5) is 124. The Morgan fingerprint density at radius 2 is 1.26 bits per heavy atom. The Kier molecular flexibility index (Phi) is 40.6. The van der Waals surface area contributed by atoms with Crippen LogP contribution in [-0.2, 0) is 67.0 Å². The standard InChI is InChI=1S/C11H18N2O4.C10H18N2O4.C8H8O3.C7H8O3.CH2I2.CH5N.2CO2/c1-12-10(15)9-5-7(13(2)6-14)3-4-8(9)11(16)17;1-7(10(15)16)8(9(14)11-2)4-5-12(3)6-13;9-7-5-3-1-2-4-6(5)8(10)11-7;1-3-5-4(2)6(8)10-7(5)9;2-1-3;1-2;2*2-1-3/h7,14H,3-6H2,1-2H3,(H,12,15)(H,16,17);13H,4-6H2,1-3H3,(H,11,14)(H,15,16);1-4H2;3H2,1-2H3;1H2;2H2,1H3;;/b;8-7-;;;;;;.